The van der Waals surface area contributed by atoms with Gasteiger partial charge in [-0.1, -0.05) is 33.8 Å². The molecule has 0 radical (unpaired) electrons. The van der Waals surface area contributed by atoms with Crippen molar-refractivity contribution in [3.05, 3.63) is 12.7 Å². The van der Waals surface area contributed by atoms with E-state index in [-0.39, 0.29) is 0 Å². The van der Waals surface area contributed by atoms with Gasteiger partial charge in [0.15, 0.2) is 8.32 Å². The molecule has 0 aromatic heterocycles. The number of hydrogen-bond donors (Lipinski definition) is 0. The molecule has 0 amide bonds. The van der Waals surface area contributed by atoms with Gasteiger partial charge in [-0.3, -0.25) is 0 Å². The van der Waals surface area contributed by atoms with E-state index in [0.717, 1.165) is 0 Å². The molecule has 0 fully saturated rings. The molecule has 0 aliphatic rings. The predicted molar refractivity (Wildman–Crippen MR) is 67.1 cm³/mol. The van der Waals surface area contributed by atoms with Crippen molar-refractivity contribution in [1.29, 1.82) is 0 Å². The zero-order valence-electron chi connectivity index (χ0n) is 10.5. The van der Waals surface area contributed by atoms with Gasteiger partial charge in [0.1, 0.15) is 0 Å². The highest BCUT2D eigenvalue weighted by molar-refractivity contribution is 6.73. The maximum Gasteiger partial charge on any atom is 0.192 e. The topological polar surface area (TPSA) is 9.23 Å². The predicted octanol–water partition coefficient (Wildman–Crippen LogP) is 4.22. The maximum absolute atomic E-state index is 6.31. The molecule has 0 aliphatic heterocycles. The monoisotopic (exact) mass is 214 g/mol. The van der Waals surface area contributed by atoms with Gasteiger partial charge in [0, 0.05) is 6.10 Å². The van der Waals surface area contributed by atoms with E-state index < -0.39 is 8.32 Å². The van der Waals surface area contributed by atoms with Crippen LogP contribution >= 0.6 is 0 Å². The SMILES string of the molecule is C=C[C@@H](C)[C@H](C)O[Si](CC)(CC)CC. The molecular weight excluding hydrogens is 188 g/mol. The van der Waals surface area contributed by atoms with E-state index >= 15 is 0 Å². The van der Waals surface area contributed by atoms with Crippen LogP contribution in [0.2, 0.25) is 18.1 Å². The fourth-order valence-electron chi connectivity index (χ4n) is 1.69. The van der Waals surface area contributed by atoms with Crippen LogP contribution in [0.4, 0.5) is 0 Å². The quantitative estimate of drug-likeness (QED) is 0.455. The van der Waals surface area contributed by atoms with E-state index in [0.29, 0.717) is 12.0 Å². The summed E-state index contributed by atoms with van der Waals surface area (Å²) >= 11 is 0. The third kappa shape index (κ3) is 3.58. The summed E-state index contributed by atoms with van der Waals surface area (Å²) < 4.78 is 6.31. The van der Waals surface area contributed by atoms with Gasteiger partial charge in [-0.05, 0) is 31.0 Å². The van der Waals surface area contributed by atoms with Gasteiger partial charge < -0.3 is 4.43 Å². The molecule has 14 heavy (non-hydrogen) atoms. The lowest BCUT2D eigenvalue weighted by Crippen LogP contribution is -2.40. The second-order valence-corrected chi connectivity index (χ2v) is 8.88. The molecule has 0 aliphatic carbocycles. The first-order valence-electron chi connectivity index (χ1n) is 5.85. The van der Waals surface area contributed by atoms with Crippen LogP contribution in [0.25, 0.3) is 0 Å². The molecule has 0 N–H and O–H groups in total. The van der Waals surface area contributed by atoms with E-state index in [9.17, 15) is 0 Å². The highest BCUT2D eigenvalue weighted by Crippen LogP contribution is 2.25. The largest absolute Gasteiger partial charge is 0.414 e. The molecular formula is C12H26OSi. The van der Waals surface area contributed by atoms with Crippen molar-refractivity contribution in [3.63, 3.8) is 0 Å². The maximum atomic E-state index is 6.31. The Labute approximate surface area is 90.7 Å². The van der Waals surface area contributed by atoms with Crippen LogP contribution in [-0.4, -0.2) is 14.4 Å². The smallest absolute Gasteiger partial charge is 0.192 e. The lowest BCUT2D eigenvalue weighted by Gasteiger charge is -2.33. The Hall–Kier alpha value is -0.0831. The lowest BCUT2D eigenvalue weighted by molar-refractivity contribution is 0.169. The van der Waals surface area contributed by atoms with Gasteiger partial charge in [0.25, 0.3) is 0 Å². The van der Waals surface area contributed by atoms with Crippen molar-refractivity contribution in [2.75, 3.05) is 0 Å². The van der Waals surface area contributed by atoms with Gasteiger partial charge >= 0.3 is 0 Å². The standard InChI is InChI=1S/C12H26OSi/c1-7-11(5)12(6)13-14(8-2,9-3)10-4/h7,11-12H,1,8-10H2,2-6H3/t11-,12+/m1/s1. The molecule has 0 heterocycles. The second-order valence-electron chi connectivity index (χ2n) is 4.16. The summed E-state index contributed by atoms with van der Waals surface area (Å²) in [6.45, 7) is 15.0. The van der Waals surface area contributed by atoms with E-state index in [1.807, 2.05) is 6.08 Å². The van der Waals surface area contributed by atoms with Crippen molar-refractivity contribution in [2.45, 2.75) is 58.9 Å². The van der Waals surface area contributed by atoms with Gasteiger partial charge in [-0.25, -0.2) is 0 Å². The van der Waals surface area contributed by atoms with Crippen molar-refractivity contribution >= 4 is 8.32 Å². The average Bonchev–Trinajstić information content (AvgIpc) is 2.24. The highest BCUT2D eigenvalue weighted by atomic mass is 28.4. The second kappa shape index (κ2) is 6.41. The molecule has 0 aromatic rings. The Bertz CT molecular complexity index is 155. The Morgan fingerprint density at radius 2 is 1.57 bits per heavy atom. The van der Waals surface area contributed by atoms with E-state index in [2.05, 4.69) is 41.2 Å². The molecule has 1 nitrogen and oxygen atoms in total. The molecule has 0 spiro atoms. The number of hydrogen-bond acceptors (Lipinski definition) is 1. The first-order chi connectivity index (χ1) is 6.55. The van der Waals surface area contributed by atoms with Crippen LogP contribution < -0.4 is 0 Å². The fraction of sp³-hybridized carbons (Fsp3) is 0.833. The summed E-state index contributed by atoms with van der Waals surface area (Å²) in [5.74, 6) is 0.464. The van der Waals surface area contributed by atoms with E-state index in [1.165, 1.54) is 18.1 Å². The molecule has 2 atom stereocenters. The van der Waals surface area contributed by atoms with E-state index in [4.69, 9.17) is 4.43 Å². The summed E-state index contributed by atoms with van der Waals surface area (Å²) in [5.41, 5.74) is 0. The first kappa shape index (κ1) is 13.9. The first-order valence-corrected chi connectivity index (χ1v) is 8.38. The van der Waals surface area contributed by atoms with Gasteiger partial charge in [-0.15, -0.1) is 6.58 Å². The average molecular weight is 214 g/mol. The minimum Gasteiger partial charge on any atom is -0.414 e. The van der Waals surface area contributed by atoms with Crippen molar-refractivity contribution in [2.24, 2.45) is 5.92 Å². The van der Waals surface area contributed by atoms with Crippen LogP contribution in [0.15, 0.2) is 12.7 Å². The van der Waals surface area contributed by atoms with Crippen LogP contribution in [0, 0.1) is 5.92 Å². The van der Waals surface area contributed by atoms with Crippen molar-refractivity contribution in [3.8, 4) is 0 Å². The summed E-state index contributed by atoms with van der Waals surface area (Å²) in [6.07, 6.45) is 2.32. The molecule has 0 saturated heterocycles. The van der Waals surface area contributed by atoms with Gasteiger partial charge in [-0.2, -0.15) is 0 Å². The summed E-state index contributed by atoms with van der Waals surface area (Å²) in [7, 11) is -1.41. The molecule has 0 rings (SSSR count). The summed E-state index contributed by atoms with van der Waals surface area (Å²) in [4.78, 5) is 0. The Morgan fingerprint density at radius 1 is 1.14 bits per heavy atom. The molecule has 0 unspecified atom stereocenters. The fourth-order valence-corrected chi connectivity index (χ4v) is 4.70. The molecule has 84 valence electrons. The molecule has 2 heteroatoms. The molecule has 0 aromatic carbocycles. The minimum absolute atomic E-state index is 0.332. The van der Waals surface area contributed by atoms with E-state index in [1.54, 1.807) is 0 Å². The van der Waals surface area contributed by atoms with Crippen LogP contribution in [0.5, 0.6) is 0 Å². The Balaban J connectivity index is 4.35. The summed E-state index contributed by atoms with van der Waals surface area (Å²) in [6, 6.07) is 3.69. The van der Waals surface area contributed by atoms with Crippen LogP contribution in [-0.2, 0) is 4.43 Å². The van der Waals surface area contributed by atoms with Gasteiger partial charge in [0.05, 0.1) is 0 Å². The third-order valence-corrected chi connectivity index (χ3v) is 8.22. The lowest BCUT2D eigenvalue weighted by atomic mass is 10.1. The summed E-state index contributed by atoms with van der Waals surface area (Å²) in [5, 5.41) is 0. The number of rotatable bonds is 7. The zero-order chi connectivity index (χ0) is 11.2. The Morgan fingerprint density at radius 3 is 1.86 bits per heavy atom. The van der Waals surface area contributed by atoms with Crippen LogP contribution in [0.3, 0.4) is 0 Å². The normalized spacial score (nSPS) is 16.4. The molecule has 0 bridgehead atoms. The third-order valence-electron chi connectivity index (χ3n) is 3.48. The van der Waals surface area contributed by atoms with Crippen molar-refractivity contribution < 1.29 is 4.43 Å². The highest BCUT2D eigenvalue weighted by Gasteiger charge is 2.31. The zero-order valence-corrected chi connectivity index (χ0v) is 11.5. The Kier molecular flexibility index (Phi) is 6.37. The van der Waals surface area contributed by atoms with Crippen molar-refractivity contribution in [1.82, 2.24) is 0 Å². The van der Waals surface area contributed by atoms with Gasteiger partial charge in [0.2, 0.25) is 0 Å². The minimum atomic E-state index is -1.41. The van der Waals surface area contributed by atoms with Crippen LogP contribution in [0.1, 0.15) is 34.6 Å². The molecule has 0 saturated carbocycles.